The van der Waals surface area contributed by atoms with Gasteiger partial charge in [-0.15, -0.1) is 11.3 Å². The van der Waals surface area contributed by atoms with Gasteiger partial charge in [0.15, 0.2) is 5.65 Å². The molecule has 0 aliphatic rings. The van der Waals surface area contributed by atoms with Crippen molar-refractivity contribution >= 4 is 34.1 Å². The van der Waals surface area contributed by atoms with Crippen LogP contribution in [0.1, 0.15) is 15.2 Å². The quantitative estimate of drug-likeness (QED) is 0.502. The van der Waals surface area contributed by atoms with Crippen LogP contribution in [-0.2, 0) is 13.1 Å². The standard InChI is InChI=1S/C19H17FN6OS/c20-14-5-3-13(4-6-14)19(27)21-7-8-26-18-16(11-25-26)17(23-12-24-18)22-10-15-2-1-9-28-15/h1-6,9,11-12H,7-8,10H2,(H,21,27)(H,22,23,24). The van der Waals surface area contributed by atoms with Crippen molar-refractivity contribution in [1.29, 1.82) is 0 Å². The van der Waals surface area contributed by atoms with E-state index in [-0.39, 0.29) is 11.7 Å². The molecule has 4 aromatic rings. The van der Waals surface area contributed by atoms with Gasteiger partial charge in [0.25, 0.3) is 5.91 Å². The molecule has 2 N–H and O–H groups in total. The Morgan fingerprint density at radius 2 is 2.04 bits per heavy atom. The molecule has 0 bridgehead atoms. The van der Waals surface area contributed by atoms with Gasteiger partial charge in [-0.3, -0.25) is 4.79 Å². The van der Waals surface area contributed by atoms with Gasteiger partial charge in [-0.25, -0.2) is 19.0 Å². The Hall–Kier alpha value is -3.33. The number of hydrogen-bond donors (Lipinski definition) is 2. The van der Waals surface area contributed by atoms with Crippen molar-refractivity contribution in [2.45, 2.75) is 13.1 Å². The number of fused-ring (bicyclic) bond motifs is 1. The molecule has 9 heteroatoms. The summed E-state index contributed by atoms with van der Waals surface area (Å²) in [6.45, 7) is 1.51. The Bertz CT molecular complexity index is 1080. The Kier molecular flexibility index (Phi) is 5.24. The van der Waals surface area contributed by atoms with E-state index in [0.717, 1.165) is 11.2 Å². The van der Waals surface area contributed by atoms with Crippen LogP contribution in [0.15, 0.2) is 54.3 Å². The van der Waals surface area contributed by atoms with Crippen LogP contribution in [0.5, 0.6) is 0 Å². The zero-order valence-corrected chi connectivity index (χ0v) is 15.6. The lowest BCUT2D eigenvalue weighted by Crippen LogP contribution is -2.27. The van der Waals surface area contributed by atoms with E-state index in [1.54, 1.807) is 22.2 Å². The molecule has 0 atom stereocenters. The monoisotopic (exact) mass is 396 g/mol. The number of halogens is 1. The number of hydrogen-bond acceptors (Lipinski definition) is 6. The summed E-state index contributed by atoms with van der Waals surface area (Å²) >= 11 is 1.68. The van der Waals surface area contributed by atoms with Crippen LogP contribution in [0.4, 0.5) is 10.2 Å². The molecule has 0 spiro atoms. The van der Waals surface area contributed by atoms with Crippen LogP contribution in [0.2, 0.25) is 0 Å². The maximum Gasteiger partial charge on any atom is 0.251 e. The van der Waals surface area contributed by atoms with E-state index >= 15 is 0 Å². The van der Waals surface area contributed by atoms with Gasteiger partial charge in [-0.1, -0.05) is 6.07 Å². The lowest BCUT2D eigenvalue weighted by atomic mass is 10.2. The first-order valence-corrected chi connectivity index (χ1v) is 9.55. The fourth-order valence-electron chi connectivity index (χ4n) is 2.76. The minimum atomic E-state index is -0.372. The van der Waals surface area contributed by atoms with Crippen LogP contribution < -0.4 is 10.6 Å². The highest BCUT2D eigenvalue weighted by atomic mass is 32.1. The van der Waals surface area contributed by atoms with Gasteiger partial charge in [0.05, 0.1) is 24.7 Å². The van der Waals surface area contributed by atoms with E-state index in [2.05, 4.69) is 31.8 Å². The number of nitrogens with one attached hydrogen (secondary N) is 2. The number of anilines is 1. The maximum absolute atomic E-state index is 12.9. The van der Waals surface area contributed by atoms with Crippen molar-refractivity contribution in [3.8, 4) is 0 Å². The third-order valence-corrected chi connectivity index (χ3v) is 5.04. The summed E-state index contributed by atoms with van der Waals surface area (Å²) in [5.41, 5.74) is 1.11. The number of carbonyl (C=O) groups is 1. The van der Waals surface area contributed by atoms with Gasteiger partial charge in [-0.05, 0) is 35.7 Å². The Labute approximate surface area is 164 Å². The van der Waals surface area contributed by atoms with Crippen molar-refractivity contribution in [1.82, 2.24) is 25.1 Å². The van der Waals surface area contributed by atoms with Crippen LogP contribution in [0, 0.1) is 5.82 Å². The molecular weight excluding hydrogens is 379 g/mol. The number of thiophene rings is 1. The molecule has 142 valence electrons. The fraction of sp³-hybridized carbons (Fsp3) is 0.158. The Balaban J connectivity index is 1.39. The summed E-state index contributed by atoms with van der Waals surface area (Å²) in [5.74, 6) is 0.0899. The van der Waals surface area contributed by atoms with E-state index in [4.69, 9.17) is 0 Å². The highest BCUT2D eigenvalue weighted by Crippen LogP contribution is 2.20. The average Bonchev–Trinajstić information content (AvgIpc) is 3.37. The summed E-state index contributed by atoms with van der Waals surface area (Å²) in [7, 11) is 0. The van der Waals surface area contributed by atoms with E-state index < -0.39 is 0 Å². The molecule has 0 aliphatic carbocycles. The van der Waals surface area contributed by atoms with E-state index in [0.29, 0.717) is 30.8 Å². The zero-order valence-electron chi connectivity index (χ0n) is 14.8. The molecule has 0 fully saturated rings. The number of aromatic nitrogens is 4. The molecular formula is C19H17FN6OS. The molecule has 0 aliphatic heterocycles. The molecule has 4 rings (SSSR count). The molecule has 0 radical (unpaired) electrons. The molecule has 1 aromatic carbocycles. The van der Waals surface area contributed by atoms with Gasteiger partial charge >= 0.3 is 0 Å². The van der Waals surface area contributed by atoms with E-state index in [9.17, 15) is 9.18 Å². The Morgan fingerprint density at radius 1 is 1.18 bits per heavy atom. The molecule has 0 saturated heterocycles. The highest BCUT2D eigenvalue weighted by Gasteiger charge is 2.11. The average molecular weight is 396 g/mol. The van der Waals surface area contributed by atoms with Crippen LogP contribution in [-0.4, -0.2) is 32.2 Å². The van der Waals surface area contributed by atoms with Crippen LogP contribution in [0.25, 0.3) is 11.0 Å². The summed E-state index contributed by atoms with van der Waals surface area (Å²) < 4.78 is 14.7. The van der Waals surface area contributed by atoms with Crippen molar-refractivity contribution < 1.29 is 9.18 Å². The molecule has 0 saturated carbocycles. The predicted molar refractivity (Wildman–Crippen MR) is 106 cm³/mol. The molecule has 1 amide bonds. The number of rotatable bonds is 7. The topological polar surface area (TPSA) is 84.7 Å². The molecule has 0 unspecified atom stereocenters. The van der Waals surface area contributed by atoms with Gasteiger partial charge < -0.3 is 10.6 Å². The van der Waals surface area contributed by atoms with E-state index in [1.165, 1.54) is 35.5 Å². The number of amides is 1. The van der Waals surface area contributed by atoms with Gasteiger partial charge in [0.2, 0.25) is 0 Å². The van der Waals surface area contributed by atoms with Crippen LogP contribution in [0.3, 0.4) is 0 Å². The summed E-state index contributed by atoms with van der Waals surface area (Å²) in [6.07, 6.45) is 3.21. The Morgan fingerprint density at radius 3 is 2.82 bits per heavy atom. The van der Waals surface area contributed by atoms with Gasteiger partial charge in [-0.2, -0.15) is 5.10 Å². The second kappa shape index (κ2) is 8.13. The van der Waals surface area contributed by atoms with Crippen molar-refractivity contribution in [3.05, 3.63) is 70.6 Å². The largest absolute Gasteiger partial charge is 0.364 e. The minimum absolute atomic E-state index is 0.260. The summed E-state index contributed by atoms with van der Waals surface area (Å²) in [5, 5.41) is 13.3. The zero-order chi connectivity index (χ0) is 19.3. The number of benzene rings is 1. The second-order valence-corrected chi connectivity index (χ2v) is 7.06. The lowest BCUT2D eigenvalue weighted by molar-refractivity contribution is 0.0952. The second-order valence-electron chi connectivity index (χ2n) is 6.02. The summed E-state index contributed by atoms with van der Waals surface area (Å²) in [6, 6.07) is 9.49. The SMILES string of the molecule is O=C(NCCn1ncc2c(NCc3cccs3)ncnc21)c1ccc(F)cc1. The molecule has 28 heavy (non-hydrogen) atoms. The molecule has 3 heterocycles. The number of carbonyl (C=O) groups excluding carboxylic acids is 1. The molecule has 3 aromatic heterocycles. The van der Waals surface area contributed by atoms with Crippen LogP contribution >= 0.6 is 11.3 Å². The lowest BCUT2D eigenvalue weighted by Gasteiger charge is -2.07. The highest BCUT2D eigenvalue weighted by molar-refractivity contribution is 7.09. The first kappa shape index (κ1) is 18.1. The number of nitrogens with zero attached hydrogens (tertiary/aromatic N) is 4. The maximum atomic E-state index is 12.9. The first-order valence-electron chi connectivity index (χ1n) is 8.67. The smallest absolute Gasteiger partial charge is 0.251 e. The van der Waals surface area contributed by atoms with Gasteiger partial charge in [0.1, 0.15) is 18.0 Å². The van der Waals surface area contributed by atoms with Crippen molar-refractivity contribution in [3.63, 3.8) is 0 Å². The van der Waals surface area contributed by atoms with Crippen molar-refractivity contribution in [2.75, 3.05) is 11.9 Å². The fourth-order valence-corrected chi connectivity index (χ4v) is 3.40. The summed E-state index contributed by atoms with van der Waals surface area (Å²) in [4.78, 5) is 21.9. The van der Waals surface area contributed by atoms with E-state index in [1.807, 2.05) is 11.4 Å². The van der Waals surface area contributed by atoms with Crippen molar-refractivity contribution in [2.24, 2.45) is 0 Å². The normalized spacial score (nSPS) is 10.9. The minimum Gasteiger partial charge on any atom is -0.364 e. The molecule has 7 nitrogen and oxygen atoms in total. The first-order chi connectivity index (χ1) is 13.7. The third-order valence-electron chi connectivity index (χ3n) is 4.16. The van der Waals surface area contributed by atoms with Gasteiger partial charge in [0, 0.05) is 17.0 Å². The third kappa shape index (κ3) is 3.99. The predicted octanol–water partition coefficient (Wildman–Crippen LogP) is 3.07.